The van der Waals surface area contributed by atoms with Crippen LogP contribution in [0.5, 0.6) is 0 Å². The number of ether oxygens (including phenoxy) is 1. The number of carbonyl (C=O) groups excluding carboxylic acids is 2. The Morgan fingerprint density at radius 1 is 1.12 bits per heavy atom. The van der Waals surface area contributed by atoms with Crippen LogP contribution >= 0.6 is 0 Å². The van der Waals surface area contributed by atoms with Crippen molar-refractivity contribution in [2.75, 3.05) is 6.61 Å². The number of nitriles is 1. The molecule has 5 heteroatoms. The minimum atomic E-state index is -0.598. The first kappa shape index (κ1) is 18.2. The first-order chi connectivity index (χ1) is 12.0. The van der Waals surface area contributed by atoms with E-state index in [9.17, 15) is 9.59 Å². The Morgan fingerprint density at radius 3 is 2.32 bits per heavy atom. The molecule has 2 aromatic carbocycles. The van der Waals surface area contributed by atoms with Crippen LogP contribution in [0.15, 0.2) is 48.5 Å². The van der Waals surface area contributed by atoms with Gasteiger partial charge in [-0.05, 0) is 48.7 Å². The molecule has 0 saturated carbocycles. The van der Waals surface area contributed by atoms with E-state index in [2.05, 4.69) is 12.2 Å². The van der Waals surface area contributed by atoms with Crippen molar-refractivity contribution in [3.05, 3.63) is 70.8 Å². The fourth-order valence-electron chi connectivity index (χ4n) is 2.30. The van der Waals surface area contributed by atoms with E-state index in [0.29, 0.717) is 11.1 Å². The molecule has 5 nitrogen and oxygen atoms in total. The normalized spacial score (nSPS) is 11.2. The lowest BCUT2D eigenvalue weighted by Crippen LogP contribution is -2.31. The van der Waals surface area contributed by atoms with E-state index in [1.54, 1.807) is 0 Å². The first-order valence-corrected chi connectivity index (χ1v) is 8.09. The van der Waals surface area contributed by atoms with Gasteiger partial charge in [-0.15, -0.1) is 0 Å². The van der Waals surface area contributed by atoms with Gasteiger partial charge in [-0.2, -0.15) is 5.26 Å². The van der Waals surface area contributed by atoms with E-state index in [1.165, 1.54) is 29.8 Å². The number of rotatable bonds is 6. The number of hydrogen-bond acceptors (Lipinski definition) is 4. The highest BCUT2D eigenvalue weighted by molar-refractivity contribution is 5.91. The van der Waals surface area contributed by atoms with E-state index in [4.69, 9.17) is 10.00 Å². The SMILES string of the molecule is CCc1ccc([C@H](C)NC(=O)COC(=O)c2ccc(C#N)cc2)cc1. The highest BCUT2D eigenvalue weighted by atomic mass is 16.5. The molecule has 128 valence electrons. The third-order valence-corrected chi connectivity index (χ3v) is 3.85. The van der Waals surface area contributed by atoms with Crippen LogP contribution in [0, 0.1) is 11.3 Å². The van der Waals surface area contributed by atoms with Crippen LogP contribution in [0.1, 0.15) is 46.9 Å². The van der Waals surface area contributed by atoms with E-state index in [-0.39, 0.29) is 18.6 Å². The van der Waals surface area contributed by atoms with Crippen molar-refractivity contribution in [1.29, 1.82) is 5.26 Å². The highest BCUT2D eigenvalue weighted by Gasteiger charge is 2.13. The van der Waals surface area contributed by atoms with Crippen molar-refractivity contribution in [3.8, 4) is 6.07 Å². The molecular formula is C20H20N2O3. The summed E-state index contributed by atoms with van der Waals surface area (Å²) in [5.74, 6) is -0.964. The summed E-state index contributed by atoms with van der Waals surface area (Å²) in [4.78, 5) is 23.8. The zero-order valence-corrected chi connectivity index (χ0v) is 14.3. The predicted octanol–water partition coefficient (Wildman–Crippen LogP) is 3.15. The number of hydrogen-bond donors (Lipinski definition) is 1. The molecule has 0 aliphatic carbocycles. The van der Waals surface area contributed by atoms with Gasteiger partial charge >= 0.3 is 5.97 Å². The first-order valence-electron chi connectivity index (χ1n) is 8.09. The predicted molar refractivity (Wildman–Crippen MR) is 93.8 cm³/mol. The molecule has 0 aliphatic rings. The molecule has 0 saturated heterocycles. The molecule has 0 unspecified atom stereocenters. The fourth-order valence-corrected chi connectivity index (χ4v) is 2.30. The molecule has 0 fully saturated rings. The van der Waals surface area contributed by atoms with Gasteiger partial charge in [0.1, 0.15) is 0 Å². The summed E-state index contributed by atoms with van der Waals surface area (Å²) >= 11 is 0. The minimum absolute atomic E-state index is 0.174. The molecule has 2 aromatic rings. The van der Waals surface area contributed by atoms with Crippen LogP contribution in [-0.2, 0) is 16.0 Å². The number of carbonyl (C=O) groups is 2. The zero-order chi connectivity index (χ0) is 18.2. The van der Waals surface area contributed by atoms with Gasteiger partial charge in [0.2, 0.25) is 0 Å². The average molecular weight is 336 g/mol. The molecule has 0 heterocycles. The van der Waals surface area contributed by atoms with Gasteiger partial charge in [-0.25, -0.2) is 4.79 Å². The Bertz CT molecular complexity index is 774. The van der Waals surface area contributed by atoms with Gasteiger partial charge in [0, 0.05) is 0 Å². The van der Waals surface area contributed by atoms with Crippen LogP contribution in [-0.4, -0.2) is 18.5 Å². The number of amides is 1. The Hall–Kier alpha value is -3.13. The molecule has 0 aromatic heterocycles. The van der Waals surface area contributed by atoms with Crippen LogP contribution in [0.3, 0.4) is 0 Å². The second kappa shape index (κ2) is 8.65. The maximum absolute atomic E-state index is 12.0. The number of benzene rings is 2. The summed E-state index contributed by atoms with van der Waals surface area (Å²) in [5.41, 5.74) is 2.98. The molecule has 0 bridgehead atoms. The van der Waals surface area contributed by atoms with Crippen molar-refractivity contribution in [2.45, 2.75) is 26.3 Å². The number of esters is 1. The third-order valence-electron chi connectivity index (χ3n) is 3.85. The van der Waals surface area contributed by atoms with E-state index < -0.39 is 5.97 Å². The van der Waals surface area contributed by atoms with Crippen LogP contribution in [0.25, 0.3) is 0 Å². The quantitative estimate of drug-likeness (QED) is 0.822. The molecule has 1 amide bonds. The summed E-state index contributed by atoms with van der Waals surface area (Å²) in [7, 11) is 0. The molecule has 0 spiro atoms. The Balaban J connectivity index is 1.84. The van der Waals surface area contributed by atoms with Crippen molar-refractivity contribution < 1.29 is 14.3 Å². The summed E-state index contributed by atoms with van der Waals surface area (Å²) < 4.78 is 5.00. The van der Waals surface area contributed by atoms with E-state index >= 15 is 0 Å². The molecule has 1 N–H and O–H groups in total. The molecular weight excluding hydrogens is 316 g/mol. The second-order valence-electron chi connectivity index (χ2n) is 5.65. The van der Waals surface area contributed by atoms with Crippen LogP contribution in [0.4, 0.5) is 0 Å². The third kappa shape index (κ3) is 5.18. The van der Waals surface area contributed by atoms with Gasteiger partial charge in [0.25, 0.3) is 5.91 Å². The highest BCUT2D eigenvalue weighted by Crippen LogP contribution is 2.13. The number of nitrogens with zero attached hydrogens (tertiary/aromatic N) is 1. The largest absolute Gasteiger partial charge is 0.452 e. The van der Waals surface area contributed by atoms with Gasteiger partial charge in [-0.3, -0.25) is 4.79 Å². The number of nitrogens with one attached hydrogen (secondary N) is 1. The van der Waals surface area contributed by atoms with Crippen molar-refractivity contribution >= 4 is 11.9 Å². The van der Waals surface area contributed by atoms with Crippen molar-refractivity contribution in [3.63, 3.8) is 0 Å². The standard InChI is InChI=1S/C20H20N2O3/c1-3-15-4-8-17(9-5-15)14(2)22-19(23)13-25-20(24)18-10-6-16(12-21)7-11-18/h4-11,14H,3,13H2,1-2H3,(H,22,23)/t14-/m0/s1. The smallest absolute Gasteiger partial charge is 0.338 e. The number of aryl methyl sites for hydroxylation is 1. The van der Waals surface area contributed by atoms with E-state index in [0.717, 1.165) is 12.0 Å². The van der Waals surface area contributed by atoms with Crippen molar-refractivity contribution in [2.24, 2.45) is 0 Å². The maximum atomic E-state index is 12.0. The Morgan fingerprint density at radius 2 is 1.76 bits per heavy atom. The van der Waals surface area contributed by atoms with E-state index in [1.807, 2.05) is 37.3 Å². The molecule has 2 rings (SSSR count). The topological polar surface area (TPSA) is 79.2 Å². The second-order valence-corrected chi connectivity index (χ2v) is 5.65. The van der Waals surface area contributed by atoms with Crippen LogP contribution < -0.4 is 5.32 Å². The monoisotopic (exact) mass is 336 g/mol. The van der Waals surface area contributed by atoms with Gasteiger partial charge in [0.05, 0.1) is 23.2 Å². The van der Waals surface area contributed by atoms with Crippen LogP contribution in [0.2, 0.25) is 0 Å². The van der Waals surface area contributed by atoms with Gasteiger partial charge in [0.15, 0.2) is 6.61 Å². The fraction of sp³-hybridized carbons (Fsp3) is 0.250. The zero-order valence-electron chi connectivity index (χ0n) is 14.3. The van der Waals surface area contributed by atoms with Gasteiger partial charge in [-0.1, -0.05) is 31.2 Å². The molecule has 0 radical (unpaired) electrons. The lowest BCUT2D eigenvalue weighted by Gasteiger charge is -2.15. The lowest BCUT2D eigenvalue weighted by atomic mass is 10.1. The Labute approximate surface area is 147 Å². The summed E-state index contributed by atoms with van der Waals surface area (Å²) in [6.07, 6.45) is 0.965. The molecule has 25 heavy (non-hydrogen) atoms. The minimum Gasteiger partial charge on any atom is -0.452 e. The molecule has 0 aliphatic heterocycles. The molecule has 1 atom stereocenters. The summed E-state index contributed by atoms with van der Waals surface area (Å²) in [6.45, 7) is 3.61. The van der Waals surface area contributed by atoms with Crippen molar-refractivity contribution in [1.82, 2.24) is 5.32 Å². The maximum Gasteiger partial charge on any atom is 0.338 e. The summed E-state index contributed by atoms with van der Waals surface area (Å²) in [5, 5.41) is 11.5. The average Bonchev–Trinajstić information content (AvgIpc) is 2.66. The van der Waals surface area contributed by atoms with Gasteiger partial charge < -0.3 is 10.1 Å². The lowest BCUT2D eigenvalue weighted by molar-refractivity contribution is -0.124. The Kier molecular flexibility index (Phi) is 6.30. The summed E-state index contributed by atoms with van der Waals surface area (Å²) in [6, 6.07) is 15.9.